The summed E-state index contributed by atoms with van der Waals surface area (Å²) in [4.78, 5) is 16.8. The second-order valence-electron chi connectivity index (χ2n) is 6.25. The molecule has 0 amide bonds. The van der Waals surface area contributed by atoms with Crippen LogP contribution in [0.4, 0.5) is 17.6 Å². The Bertz CT molecular complexity index is 1270. The van der Waals surface area contributed by atoms with E-state index < -0.39 is 23.1 Å². The van der Waals surface area contributed by atoms with Crippen molar-refractivity contribution in [1.29, 1.82) is 0 Å². The first kappa shape index (κ1) is 18.7. The monoisotopic (exact) mass is 403 g/mol. The molecule has 0 aliphatic rings. The Hall–Kier alpha value is -3.62. The van der Waals surface area contributed by atoms with Gasteiger partial charge in [0.2, 0.25) is 0 Å². The van der Waals surface area contributed by atoms with Crippen LogP contribution in [0.15, 0.2) is 59.5 Å². The van der Waals surface area contributed by atoms with Crippen molar-refractivity contribution in [1.82, 2.24) is 14.6 Å². The van der Waals surface area contributed by atoms with Gasteiger partial charge in [0, 0.05) is 23.4 Å². The Morgan fingerprint density at radius 1 is 1.07 bits per heavy atom. The molecule has 2 heterocycles. The molecule has 0 atom stereocenters. The lowest BCUT2D eigenvalue weighted by Gasteiger charge is -2.08. The van der Waals surface area contributed by atoms with E-state index in [0.29, 0.717) is 11.1 Å². The summed E-state index contributed by atoms with van der Waals surface area (Å²) in [6, 6.07) is 10.0. The minimum atomic E-state index is -4.50. The zero-order valence-electron chi connectivity index (χ0n) is 14.9. The largest absolute Gasteiger partial charge is 0.494 e. The summed E-state index contributed by atoms with van der Waals surface area (Å²) in [5.41, 5.74) is -0.108. The number of alkyl halides is 3. The summed E-state index contributed by atoms with van der Waals surface area (Å²) in [7, 11) is 1.33. The van der Waals surface area contributed by atoms with Crippen LogP contribution in [0.2, 0.25) is 0 Å². The molecule has 0 spiro atoms. The smallest absolute Gasteiger partial charge is 0.416 e. The first-order chi connectivity index (χ1) is 13.8. The van der Waals surface area contributed by atoms with Gasteiger partial charge in [0.1, 0.15) is 0 Å². The molecule has 2 aromatic carbocycles. The Labute approximate surface area is 161 Å². The molecule has 0 saturated heterocycles. The van der Waals surface area contributed by atoms with Gasteiger partial charge in [0.15, 0.2) is 17.2 Å². The van der Waals surface area contributed by atoms with Crippen LogP contribution in [0.5, 0.6) is 5.75 Å². The number of aromatic amines is 1. The quantitative estimate of drug-likeness (QED) is 0.512. The highest BCUT2D eigenvalue weighted by molar-refractivity contribution is 5.79. The van der Waals surface area contributed by atoms with E-state index in [0.717, 1.165) is 16.6 Å². The van der Waals surface area contributed by atoms with Crippen LogP contribution in [0.3, 0.4) is 0 Å². The van der Waals surface area contributed by atoms with Gasteiger partial charge in [-0.2, -0.15) is 13.2 Å². The van der Waals surface area contributed by atoms with Gasteiger partial charge in [-0.3, -0.25) is 9.89 Å². The first-order valence-electron chi connectivity index (χ1n) is 8.40. The highest BCUT2D eigenvalue weighted by Gasteiger charge is 2.30. The fraction of sp³-hybridized carbons (Fsp3) is 0.100. The first-order valence-corrected chi connectivity index (χ1v) is 8.40. The molecule has 5 nitrogen and oxygen atoms in total. The zero-order chi connectivity index (χ0) is 20.8. The minimum Gasteiger partial charge on any atom is -0.494 e. The SMILES string of the molecule is COc1ccc(-c2cc(=O)n3[nH]cc(-c4cccc(C(F)(F)F)c4)c3n2)cc1F. The molecule has 2 aromatic heterocycles. The van der Waals surface area contributed by atoms with E-state index in [-0.39, 0.29) is 22.7 Å². The number of hydrogen-bond donors (Lipinski definition) is 1. The van der Waals surface area contributed by atoms with E-state index in [4.69, 9.17) is 4.74 Å². The van der Waals surface area contributed by atoms with Crippen LogP contribution in [0.25, 0.3) is 28.0 Å². The molecule has 148 valence electrons. The molecule has 0 radical (unpaired) electrons. The van der Waals surface area contributed by atoms with Crippen molar-refractivity contribution in [2.24, 2.45) is 0 Å². The number of methoxy groups -OCH3 is 1. The fourth-order valence-corrected chi connectivity index (χ4v) is 3.03. The van der Waals surface area contributed by atoms with Gasteiger partial charge in [-0.15, -0.1) is 0 Å². The van der Waals surface area contributed by atoms with E-state index in [2.05, 4.69) is 10.1 Å². The summed E-state index contributed by atoms with van der Waals surface area (Å²) in [5.74, 6) is -0.586. The lowest BCUT2D eigenvalue weighted by molar-refractivity contribution is -0.137. The Balaban J connectivity index is 1.89. The molecule has 4 aromatic rings. The maximum atomic E-state index is 14.0. The van der Waals surface area contributed by atoms with Crippen molar-refractivity contribution in [3.05, 3.63) is 76.5 Å². The Kier molecular flexibility index (Phi) is 4.37. The third kappa shape index (κ3) is 3.35. The molecular weight excluding hydrogens is 390 g/mol. The summed E-state index contributed by atoms with van der Waals surface area (Å²) in [6.45, 7) is 0. The molecule has 1 N–H and O–H groups in total. The number of fused-ring (bicyclic) bond motifs is 1. The highest BCUT2D eigenvalue weighted by atomic mass is 19.4. The standard InChI is InChI=1S/C20H13F4N3O2/c1-29-17-6-5-12(8-15(17)21)16-9-18(28)27-19(26-16)14(10-25-27)11-3-2-4-13(7-11)20(22,23)24/h2-10,25H,1H3. The van der Waals surface area contributed by atoms with E-state index in [1.165, 1.54) is 49.7 Å². The lowest BCUT2D eigenvalue weighted by Crippen LogP contribution is -2.14. The van der Waals surface area contributed by atoms with Crippen molar-refractivity contribution in [2.45, 2.75) is 6.18 Å². The zero-order valence-corrected chi connectivity index (χ0v) is 14.9. The Morgan fingerprint density at radius 2 is 1.86 bits per heavy atom. The number of aromatic nitrogens is 3. The van der Waals surface area contributed by atoms with E-state index in [1.54, 1.807) is 0 Å². The number of benzene rings is 2. The van der Waals surface area contributed by atoms with Crippen molar-refractivity contribution in [3.8, 4) is 28.1 Å². The van der Waals surface area contributed by atoms with Crippen LogP contribution in [0.1, 0.15) is 5.56 Å². The van der Waals surface area contributed by atoms with Gasteiger partial charge in [-0.25, -0.2) is 13.9 Å². The van der Waals surface area contributed by atoms with Gasteiger partial charge in [-0.1, -0.05) is 12.1 Å². The number of H-pyrrole nitrogens is 1. The topological polar surface area (TPSA) is 59.4 Å². The summed E-state index contributed by atoms with van der Waals surface area (Å²) < 4.78 is 59.2. The molecular formula is C20H13F4N3O2. The molecule has 0 aliphatic carbocycles. The van der Waals surface area contributed by atoms with E-state index in [9.17, 15) is 22.4 Å². The van der Waals surface area contributed by atoms with Crippen LogP contribution in [0, 0.1) is 5.82 Å². The predicted octanol–water partition coefficient (Wildman–Crippen LogP) is 4.52. The third-order valence-corrected chi connectivity index (χ3v) is 4.45. The number of nitrogens with zero attached hydrogens (tertiary/aromatic N) is 2. The van der Waals surface area contributed by atoms with Crippen molar-refractivity contribution >= 4 is 5.65 Å². The average molecular weight is 403 g/mol. The van der Waals surface area contributed by atoms with Crippen LogP contribution in [-0.2, 0) is 6.18 Å². The Morgan fingerprint density at radius 3 is 2.55 bits per heavy atom. The number of ether oxygens (including phenoxy) is 1. The van der Waals surface area contributed by atoms with Gasteiger partial charge < -0.3 is 4.74 Å². The normalized spacial score (nSPS) is 11.8. The minimum absolute atomic E-state index is 0.0397. The van der Waals surface area contributed by atoms with Gasteiger partial charge >= 0.3 is 6.18 Å². The van der Waals surface area contributed by atoms with Gasteiger partial charge in [0.25, 0.3) is 5.56 Å². The van der Waals surface area contributed by atoms with E-state index in [1.807, 2.05) is 0 Å². The van der Waals surface area contributed by atoms with Crippen molar-refractivity contribution < 1.29 is 22.3 Å². The molecule has 9 heteroatoms. The molecule has 29 heavy (non-hydrogen) atoms. The molecule has 0 unspecified atom stereocenters. The van der Waals surface area contributed by atoms with Crippen molar-refractivity contribution in [3.63, 3.8) is 0 Å². The number of rotatable bonds is 3. The summed E-state index contributed by atoms with van der Waals surface area (Å²) in [5, 5.41) is 2.69. The highest BCUT2D eigenvalue weighted by Crippen LogP contribution is 2.33. The molecule has 0 aliphatic heterocycles. The summed E-state index contributed by atoms with van der Waals surface area (Å²) >= 11 is 0. The number of hydrogen-bond acceptors (Lipinski definition) is 3. The number of nitrogens with one attached hydrogen (secondary N) is 1. The van der Waals surface area contributed by atoms with Gasteiger partial charge in [-0.05, 0) is 35.9 Å². The molecule has 0 fully saturated rings. The molecule has 0 saturated carbocycles. The lowest BCUT2D eigenvalue weighted by atomic mass is 10.1. The summed E-state index contributed by atoms with van der Waals surface area (Å²) in [6.07, 6.45) is -3.10. The maximum absolute atomic E-state index is 14.0. The van der Waals surface area contributed by atoms with Crippen molar-refractivity contribution in [2.75, 3.05) is 7.11 Å². The second kappa shape index (κ2) is 6.77. The number of halogens is 4. The van der Waals surface area contributed by atoms with E-state index >= 15 is 0 Å². The van der Waals surface area contributed by atoms with Crippen LogP contribution >= 0.6 is 0 Å². The molecule has 0 bridgehead atoms. The van der Waals surface area contributed by atoms with Crippen LogP contribution in [-0.4, -0.2) is 21.7 Å². The van der Waals surface area contributed by atoms with Gasteiger partial charge in [0.05, 0.1) is 18.4 Å². The predicted molar refractivity (Wildman–Crippen MR) is 98.2 cm³/mol. The average Bonchev–Trinajstić information content (AvgIpc) is 3.12. The maximum Gasteiger partial charge on any atom is 0.416 e. The second-order valence-corrected chi connectivity index (χ2v) is 6.25. The van der Waals surface area contributed by atoms with Crippen LogP contribution < -0.4 is 10.3 Å². The third-order valence-electron chi connectivity index (χ3n) is 4.45. The molecule has 4 rings (SSSR count). The fourth-order valence-electron chi connectivity index (χ4n) is 3.03.